The van der Waals surface area contributed by atoms with Gasteiger partial charge in [0.15, 0.2) is 0 Å². The highest BCUT2D eigenvalue weighted by molar-refractivity contribution is 6.10. The SMILES string of the molecule is CC1Nc2cc(-c3nc(C#N)ccc3/C(C=N)=C/NCCC(C)(F)F)ccc2N1C. The maximum absolute atomic E-state index is 13.0. The van der Waals surface area contributed by atoms with Crippen LogP contribution in [0.1, 0.15) is 31.5 Å². The van der Waals surface area contributed by atoms with Gasteiger partial charge in [-0.1, -0.05) is 6.07 Å². The lowest BCUT2D eigenvalue weighted by Gasteiger charge is -2.17. The van der Waals surface area contributed by atoms with E-state index in [1.807, 2.05) is 31.3 Å². The molecule has 2 aromatic rings. The minimum absolute atomic E-state index is 0.0763. The molecule has 1 aliphatic rings. The second-order valence-corrected chi connectivity index (χ2v) is 7.39. The van der Waals surface area contributed by atoms with Gasteiger partial charge in [-0.3, -0.25) is 0 Å². The van der Waals surface area contributed by atoms with Crippen LogP contribution in [0.4, 0.5) is 20.2 Å². The molecule has 3 rings (SSSR count). The Labute approximate surface area is 174 Å². The lowest BCUT2D eigenvalue weighted by atomic mass is 9.99. The van der Waals surface area contributed by atoms with E-state index in [4.69, 9.17) is 5.41 Å². The second kappa shape index (κ2) is 8.49. The van der Waals surface area contributed by atoms with Gasteiger partial charge in [-0.05, 0) is 38.1 Å². The Bertz CT molecular complexity index is 1020. The summed E-state index contributed by atoms with van der Waals surface area (Å²) in [6.07, 6.45) is 2.53. The van der Waals surface area contributed by atoms with Gasteiger partial charge < -0.3 is 20.9 Å². The van der Waals surface area contributed by atoms with E-state index in [2.05, 4.69) is 27.4 Å². The molecular weight excluding hydrogens is 386 g/mol. The van der Waals surface area contributed by atoms with Crippen LogP contribution in [-0.2, 0) is 0 Å². The molecule has 0 amide bonds. The van der Waals surface area contributed by atoms with Gasteiger partial charge in [0.2, 0.25) is 5.92 Å². The monoisotopic (exact) mass is 410 g/mol. The lowest BCUT2D eigenvalue weighted by Crippen LogP contribution is -2.28. The van der Waals surface area contributed by atoms with Gasteiger partial charge in [0, 0.05) is 49.1 Å². The number of fused-ring (bicyclic) bond motifs is 1. The summed E-state index contributed by atoms with van der Waals surface area (Å²) in [4.78, 5) is 6.59. The summed E-state index contributed by atoms with van der Waals surface area (Å²) < 4.78 is 26.1. The van der Waals surface area contributed by atoms with Crippen molar-refractivity contribution in [1.29, 1.82) is 10.7 Å². The Morgan fingerprint density at radius 3 is 2.83 bits per heavy atom. The predicted octanol–water partition coefficient (Wildman–Crippen LogP) is 4.45. The number of nitriles is 1. The van der Waals surface area contributed by atoms with E-state index in [9.17, 15) is 14.0 Å². The standard InChI is InChI=1S/C22H24F2N6/c1-14-28-19-10-15(4-7-20(19)30(14)3)21-18(6-5-17(12-26)29-21)16(11-25)13-27-9-8-22(2,23)24/h4-7,10-11,13-14,25,27-28H,8-9H2,1-3H3/b16-13+,25-11?. The molecular formula is C22H24F2N6. The van der Waals surface area contributed by atoms with Crippen LogP contribution >= 0.6 is 0 Å². The third kappa shape index (κ3) is 4.57. The molecule has 0 saturated heterocycles. The molecule has 6 nitrogen and oxygen atoms in total. The number of pyridine rings is 1. The van der Waals surface area contributed by atoms with Crippen molar-refractivity contribution in [3.8, 4) is 17.3 Å². The number of hydrogen-bond acceptors (Lipinski definition) is 6. The quantitative estimate of drug-likeness (QED) is 0.464. The van der Waals surface area contributed by atoms with Gasteiger partial charge in [0.25, 0.3) is 0 Å². The number of nitrogens with one attached hydrogen (secondary N) is 3. The number of alkyl halides is 2. The Morgan fingerprint density at radius 2 is 2.17 bits per heavy atom. The molecule has 156 valence electrons. The third-order valence-electron chi connectivity index (χ3n) is 5.04. The molecule has 0 radical (unpaired) electrons. The minimum Gasteiger partial charge on any atom is -0.390 e. The van der Waals surface area contributed by atoms with Gasteiger partial charge in [-0.15, -0.1) is 0 Å². The molecule has 1 atom stereocenters. The Hall–Kier alpha value is -3.47. The summed E-state index contributed by atoms with van der Waals surface area (Å²) >= 11 is 0. The van der Waals surface area contributed by atoms with E-state index in [1.54, 1.807) is 12.1 Å². The first-order chi connectivity index (χ1) is 14.2. The van der Waals surface area contributed by atoms with Crippen molar-refractivity contribution in [1.82, 2.24) is 10.3 Å². The van der Waals surface area contributed by atoms with Gasteiger partial charge in [-0.2, -0.15) is 5.26 Å². The molecule has 3 N–H and O–H groups in total. The molecule has 1 aliphatic heterocycles. The average Bonchev–Trinajstić information content (AvgIpc) is 3.00. The van der Waals surface area contributed by atoms with Crippen LogP contribution in [-0.4, -0.2) is 36.9 Å². The number of allylic oxidation sites excluding steroid dienone is 1. The average molecular weight is 410 g/mol. The van der Waals surface area contributed by atoms with Crippen LogP contribution in [0.5, 0.6) is 0 Å². The van der Waals surface area contributed by atoms with Crippen molar-refractivity contribution in [2.24, 2.45) is 0 Å². The highest BCUT2D eigenvalue weighted by Gasteiger charge is 2.23. The van der Waals surface area contributed by atoms with Gasteiger partial charge in [0.1, 0.15) is 11.8 Å². The number of aromatic nitrogens is 1. The number of benzene rings is 1. The van der Waals surface area contributed by atoms with E-state index in [-0.39, 0.29) is 24.8 Å². The molecule has 0 saturated carbocycles. The van der Waals surface area contributed by atoms with Crippen LogP contribution in [0, 0.1) is 16.7 Å². The number of halogens is 2. The molecule has 0 spiro atoms. The Balaban J connectivity index is 1.98. The molecule has 2 heterocycles. The number of anilines is 2. The fraction of sp³-hybridized carbons (Fsp3) is 0.318. The fourth-order valence-corrected chi connectivity index (χ4v) is 3.28. The van der Waals surface area contributed by atoms with Crippen molar-refractivity contribution in [3.63, 3.8) is 0 Å². The third-order valence-corrected chi connectivity index (χ3v) is 5.04. The minimum atomic E-state index is -2.76. The normalized spacial score (nSPS) is 15.9. The summed E-state index contributed by atoms with van der Waals surface area (Å²) in [5, 5.41) is 23.3. The zero-order chi connectivity index (χ0) is 21.9. The van der Waals surface area contributed by atoms with E-state index in [0.717, 1.165) is 30.1 Å². The zero-order valence-electron chi connectivity index (χ0n) is 17.1. The summed E-state index contributed by atoms with van der Waals surface area (Å²) in [5.74, 6) is -2.76. The molecule has 0 bridgehead atoms. The zero-order valence-corrected chi connectivity index (χ0v) is 17.1. The van der Waals surface area contributed by atoms with Crippen molar-refractivity contribution in [2.75, 3.05) is 23.8 Å². The summed E-state index contributed by atoms with van der Waals surface area (Å²) in [7, 11) is 2.00. The highest BCUT2D eigenvalue weighted by Crippen LogP contribution is 2.37. The first kappa shape index (κ1) is 21.2. The van der Waals surface area contributed by atoms with E-state index < -0.39 is 5.92 Å². The van der Waals surface area contributed by atoms with Crippen LogP contribution in [0.15, 0.2) is 36.5 Å². The predicted molar refractivity (Wildman–Crippen MR) is 116 cm³/mol. The van der Waals surface area contributed by atoms with E-state index in [0.29, 0.717) is 16.8 Å². The molecule has 1 unspecified atom stereocenters. The largest absolute Gasteiger partial charge is 0.390 e. The van der Waals surface area contributed by atoms with Crippen molar-refractivity contribution in [3.05, 3.63) is 47.8 Å². The van der Waals surface area contributed by atoms with Gasteiger partial charge in [0.05, 0.1) is 23.2 Å². The van der Waals surface area contributed by atoms with Crippen molar-refractivity contribution >= 4 is 23.2 Å². The molecule has 30 heavy (non-hydrogen) atoms. The Morgan fingerprint density at radius 1 is 1.40 bits per heavy atom. The smallest absolute Gasteiger partial charge is 0.247 e. The molecule has 0 aliphatic carbocycles. The number of nitrogens with zero attached hydrogens (tertiary/aromatic N) is 3. The summed E-state index contributed by atoms with van der Waals surface area (Å²) in [5.41, 5.74) is 4.76. The molecule has 1 aromatic heterocycles. The lowest BCUT2D eigenvalue weighted by molar-refractivity contribution is 0.0142. The van der Waals surface area contributed by atoms with Crippen molar-refractivity contribution < 1.29 is 8.78 Å². The van der Waals surface area contributed by atoms with Crippen LogP contribution in [0.3, 0.4) is 0 Å². The van der Waals surface area contributed by atoms with Crippen LogP contribution in [0.2, 0.25) is 0 Å². The van der Waals surface area contributed by atoms with Crippen LogP contribution in [0.25, 0.3) is 16.8 Å². The number of hydrogen-bond donors (Lipinski definition) is 3. The van der Waals surface area contributed by atoms with Crippen molar-refractivity contribution in [2.45, 2.75) is 32.4 Å². The fourth-order valence-electron chi connectivity index (χ4n) is 3.28. The van der Waals surface area contributed by atoms with E-state index >= 15 is 0 Å². The maximum atomic E-state index is 13.0. The second-order valence-electron chi connectivity index (χ2n) is 7.39. The maximum Gasteiger partial charge on any atom is 0.247 e. The topological polar surface area (TPSA) is 87.8 Å². The van der Waals surface area contributed by atoms with E-state index in [1.165, 1.54) is 6.20 Å². The highest BCUT2D eigenvalue weighted by atomic mass is 19.3. The molecule has 1 aromatic carbocycles. The summed E-state index contributed by atoms with van der Waals surface area (Å²) in [6.45, 7) is 3.01. The molecule has 8 heteroatoms. The molecule has 0 fully saturated rings. The van der Waals surface area contributed by atoms with Gasteiger partial charge >= 0.3 is 0 Å². The van der Waals surface area contributed by atoms with Gasteiger partial charge in [-0.25, -0.2) is 13.8 Å². The first-order valence-corrected chi connectivity index (χ1v) is 9.60. The first-order valence-electron chi connectivity index (χ1n) is 9.60. The number of rotatable bonds is 7. The van der Waals surface area contributed by atoms with Crippen LogP contribution < -0.4 is 15.5 Å². The Kier molecular flexibility index (Phi) is 6.01. The summed E-state index contributed by atoms with van der Waals surface area (Å²) in [6, 6.07) is 11.2.